The van der Waals surface area contributed by atoms with Crippen molar-refractivity contribution in [1.29, 1.82) is 0 Å². The van der Waals surface area contributed by atoms with Gasteiger partial charge in [0.25, 0.3) is 0 Å². The van der Waals surface area contributed by atoms with Gasteiger partial charge in [0.05, 0.1) is 0 Å². The van der Waals surface area contributed by atoms with Gasteiger partial charge >= 0.3 is 5.97 Å². The van der Waals surface area contributed by atoms with Crippen LogP contribution in [-0.2, 0) is 16.1 Å². The van der Waals surface area contributed by atoms with E-state index in [1.165, 1.54) is 12.8 Å². The third kappa shape index (κ3) is 3.35. The Morgan fingerprint density at radius 3 is 2.69 bits per heavy atom. The number of carbonyl (C=O) groups excluding carboxylic acids is 1. The Bertz CT molecular complexity index is 346. The van der Waals surface area contributed by atoms with E-state index in [4.69, 9.17) is 10.5 Å². The molecule has 1 aliphatic carbocycles. The number of ether oxygens (including phenoxy) is 1. The topological polar surface area (TPSA) is 52.3 Å². The van der Waals surface area contributed by atoms with E-state index < -0.39 is 6.04 Å². The summed E-state index contributed by atoms with van der Waals surface area (Å²) in [5.74, 6) is 0.370. The highest BCUT2D eigenvalue weighted by molar-refractivity contribution is 5.75. The number of carbonyl (C=O) groups is 1. The van der Waals surface area contributed by atoms with Crippen molar-refractivity contribution in [2.45, 2.75) is 31.9 Å². The van der Waals surface area contributed by atoms with E-state index in [2.05, 4.69) is 0 Å². The van der Waals surface area contributed by atoms with Crippen LogP contribution in [0.25, 0.3) is 0 Å². The van der Waals surface area contributed by atoms with Crippen molar-refractivity contribution in [3.63, 3.8) is 0 Å². The molecule has 0 spiro atoms. The molecular formula is C13H17NO2. The van der Waals surface area contributed by atoms with Gasteiger partial charge in [0.2, 0.25) is 0 Å². The SMILES string of the molecule is N[C@H](CC1CC1)C(=O)OCc1ccccc1. The largest absolute Gasteiger partial charge is 0.460 e. The van der Waals surface area contributed by atoms with Crippen LogP contribution in [0.4, 0.5) is 0 Å². The molecule has 0 amide bonds. The molecule has 1 aliphatic rings. The lowest BCUT2D eigenvalue weighted by Gasteiger charge is -2.10. The minimum Gasteiger partial charge on any atom is -0.460 e. The molecule has 1 atom stereocenters. The molecule has 0 radical (unpaired) electrons. The molecule has 3 heteroatoms. The highest BCUT2D eigenvalue weighted by Gasteiger charge is 2.27. The van der Waals surface area contributed by atoms with E-state index in [1.807, 2.05) is 30.3 Å². The summed E-state index contributed by atoms with van der Waals surface area (Å²) in [5, 5.41) is 0. The fraction of sp³-hybridized carbons (Fsp3) is 0.462. The molecule has 0 heterocycles. The monoisotopic (exact) mass is 219 g/mol. The first kappa shape index (κ1) is 11.1. The maximum Gasteiger partial charge on any atom is 0.323 e. The number of hydrogen-bond donors (Lipinski definition) is 1. The molecule has 0 saturated heterocycles. The van der Waals surface area contributed by atoms with Crippen molar-refractivity contribution in [3.05, 3.63) is 35.9 Å². The van der Waals surface area contributed by atoms with Crippen molar-refractivity contribution in [3.8, 4) is 0 Å². The molecule has 0 aromatic heterocycles. The Balaban J connectivity index is 1.74. The Labute approximate surface area is 95.6 Å². The van der Waals surface area contributed by atoms with Crippen LogP contribution in [0.2, 0.25) is 0 Å². The van der Waals surface area contributed by atoms with E-state index in [0.29, 0.717) is 12.5 Å². The highest BCUT2D eigenvalue weighted by Crippen LogP contribution is 2.33. The quantitative estimate of drug-likeness (QED) is 0.769. The molecule has 16 heavy (non-hydrogen) atoms. The number of esters is 1. The standard InChI is InChI=1S/C13H17NO2/c14-12(8-10-6-7-10)13(15)16-9-11-4-2-1-3-5-11/h1-5,10,12H,6-9,14H2/t12-/m1/s1. The van der Waals surface area contributed by atoms with Gasteiger partial charge in [-0.2, -0.15) is 0 Å². The molecular weight excluding hydrogens is 202 g/mol. The van der Waals surface area contributed by atoms with Gasteiger partial charge in [0.1, 0.15) is 12.6 Å². The molecule has 0 bridgehead atoms. The summed E-state index contributed by atoms with van der Waals surface area (Å²) in [6.45, 7) is 0.317. The van der Waals surface area contributed by atoms with Gasteiger partial charge in [-0.15, -0.1) is 0 Å². The summed E-state index contributed by atoms with van der Waals surface area (Å²) in [5.41, 5.74) is 6.74. The van der Waals surface area contributed by atoms with Gasteiger partial charge in [-0.3, -0.25) is 4.79 Å². The highest BCUT2D eigenvalue weighted by atomic mass is 16.5. The molecule has 3 nitrogen and oxygen atoms in total. The zero-order chi connectivity index (χ0) is 11.4. The Morgan fingerprint density at radius 1 is 1.38 bits per heavy atom. The summed E-state index contributed by atoms with van der Waals surface area (Å²) in [6.07, 6.45) is 3.19. The molecule has 1 saturated carbocycles. The second-order valence-electron chi connectivity index (χ2n) is 4.38. The van der Waals surface area contributed by atoms with Gasteiger partial charge in [0, 0.05) is 0 Å². The van der Waals surface area contributed by atoms with Gasteiger partial charge in [0.15, 0.2) is 0 Å². The van der Waals surface area contributed by atoms with Crippen molar-refractivity contribution >= 4 is 5.97 Å². The van der Waals surface area contributed by atoms with E-state index in [0.717, 1.165) is 12.0 Å². The lowest BCUT2D eigenvalue weighted by atomic mass is 10.1. The molecule has 86 valence electrons. The lowest BCUT2D eigenvalue weighted by Crippen LogP contribution is -2.32. The lowest BCUT2D eigenvalue weighted by molar-refractivity contribution is -0.146. The zero-order valence-electron chi connectivity index (χ0n) is 9.26. The van der Waals surface area contributed by atoms with E-state index >= 15 is 0 Å². The normalized spacial score (nSPS) is 16.8. The third-order valence-corrected chi connectivity index (χ3v) is 2.81. The van der Waals surface area contributed by atoms with E-state index in [-0.39, 0.29) is 5.97 Å². The average Bonchev–Trinajstić information content (AvgIpc) is 3.11. The molecule has 2 N–H and O–H groups in total. The first-order chi connectivity index (χ1) is 7.75. The molecule has 2 rings (SSSR count). The maximum absolute atomic E-state index is 11.5. The van der Waals surface area contributed by atoms with E-state index in [9.17, 15) is 4.79 Å². The van der Waals surface area contributed by atoms with Crippen LogP contribution in [0.5, 0.6) is 0 Å². The summed E-state index contributed by atoms with van der Waals surface area (Å²) in [7, 11) is 0. The molecule has 0 unspecified atom stereocenters. The molecule has 0 aliphatic heterocycles. The molecule has 1 aromatic carbocycles. The minimum absolute atomic E-state index is 0.282. The van der Waals surface area contributed by atoms with Gasteiger partial charge < -0.3 is 10.5 Å². The Kier molecular flexibility index (Phi) is 3.57. The third-order valence-electron chi connectivity index (χ3n) is 2.81. The van der Waals surface area contributed by atoms with Gasteiger partial charge in [-0.1, -0.05) is 43.2 Å². The minimum atomic E-state index is -0.448. The van der Waals surface area contributed by atoms with Crippen molar-refractivity contribution < 1.29 is 9.53 Å². The van der Waals surface area contributed by atoms with Crippen LogP contribution >= 0.6 is 0 Å². The first-order valence-electron chi connectivity index (χ1n) is 5.72. The fourth-order valence-electron chi connectivity index (χ4n) is 1.64. The van der Waals surface area contributed by atoms with Crippen molar-refractivity contribution in [2.75, 3.05) is 0 Å². The molecule has 1 fully saturated rings. The summed E-state index contributed by atoms with van der Waals surface area (Å²) in [4.78, 5) is 11.5. The van der Waals surface area contributed by atoms with Crippen LogP contribution in [-0.4, -0.2) is 12.0 Å². The van der Waals surface area contributed by atoms with Crippen LogP contribution in [0.3, 0.4) is 0 Å². The number of rotatable bonds is 5. The zero-order valence-corrected chi connectivity index (χ0v) is 9.26. The smallest absolute Gasteiger partial charge is 0.323 e. The second-order valence-corrected chi connectivity index (χ2v) is 4.38. The second kappa shape index (κ2) is 5.12. The maximum atomic E-state index is 11.5. The summed E-state index contributed by atoms with van der Waals surface area (Å²) >= 11 is 0. The number of hydrogen-bond acceptors (Lipinski definition) is 3. The first-order valence-corrected chi connectivity index (χ1v) is 5.72. The van der Waals surface area contributed by atoms with Crippen LogP contribution < -0.4 is 5.73 Å². The van der Waals surface area contributed by atoms with Crippen molar-refractivity contribution in [1.82, 2.24) is 0 Å². The molecule has 1 aromatic rings. The van der Waals surface area contributed by atoms with E-state index in [1.54, 1.807) is 0 Å². The van der Waals surface area contributed by atoms with Crippen molar-refractivity contribution in [2.24, 2.45) is 11.7 Å². The van der Waals surface area contributed by atoms with Crippen LogP contribution in [0.1, 0.15) is 24.8 Å². The predicted molar refractivity (Wildman–Crippen MR) is 61.6 cm³/mol. The van der Waals surface area contributed by atoms with Gasteiger partial charge in [-0.05, 0) is 17.9 Å². The van der Waals surface area contributed by atoms with Crippen LogP contribution in [0, 0.1) is 5.92 Å². The number of nitrogens with two attached hydrogens (primary N) is 1. The summed E-state index contributed by atoms with van der Waals surface area (Å²) in [6, 6.07) is 9.20. The summed E-state index contributed by atoms with van der Waals surface area (Å²) < 4.78 is 5.15. The van der Waals surface area contributed by atoms with Gasteiger partial charge in [-0.25, -0.2) is 0 Å². The average molecular weight is 219 g/mol. The fourth-order valence-corrected chi connectivity index (χ4v) is 1.64. The van der Waals surface area contributed by atoms with Crippen LogP contribution in [0.15, 0.2) is 30.3 Å². The predicted octanol–water partition coefficient (Wildman–Crippen LogP) is 1.86. The Hall–Kier alpha value is -1.35. The Morgan fingerprint density at radius 2 is 2.06 bits per heavy atom. The number of benzene rings is 1.